The number of rotatable bonds is 18. The molecule has 0 aliphatic heterocycles. The summed E-state index contributed by atoms with van der Waals surface area (Å²) in [7, 11) is 0. The first kappa shape index (κ1) is 27.4. The van der Waals surface area contributed by atoms with Crippen molar-refractivity contribution in [3.05, 3.63) is 24.3 Å². The second kappa shape index (κ2) is 16.5. The van der Waals surface area contributed by atoms with Crippen LogP contribution in [-0.4, -0.2) is 49.3 Å². The molecular weight excluding hydrogens is 654 g/mol. The largest absolute Gasteiger partial charge is 0.225 e. The van der Waals surface area contributed by atoms with Crippen molar-refractivity contribution in [1.82, 2.24) is 40.4 Å². The molecule has 0 atom stereocenters. The fourth-order valence-corrected chi connectivity index (χ4v) is 5.01. The molecule has 8 nitrogen and oxygen atoms in total. The van der Waals surface area contributed by atoms with Crippen LogP contribution in [0.3, 0.4) is 0 Å². The van der Waals surface area contributed by atoms with Crippen molar-refractivity contribution < 1.29 is 0 Å². The van der Waals surface area contributed by atoms with E-state index in [1.165, 1.54) is 73.1 Å². The highest BCUT2D eigenvalue weighted by Crippen LogP contribution is 2.23. The Morgan fingerprint density at radius 3 is 1.97 bits per heavy atom. The molecule has 0 aliphatic carbocycles. The van der Waals surface area contributed by atoms with Gasteiger partial charge in [-0.25, -0.2) is 4.68 Å². The van der Waals surface area contributed by atoms with Crippen molar-refractivity contribution in [3.63, 3.8) is 0 Å². The molecule has 0 bridgehead atoms. The maximum Gasteiger partial charge on any atom is 0.204 e. The first-order valence-corrected chi connectivity index (χ1v) is 15.6. The van der Waals surface area contributed by atoms with Crippen LogP contribution in [0.25, 0.3) is 22.8 Å². The Balaban J connectivity index is 1.49. The van der Waals surface area contributed by atoms with Crippen LogP contribution in [0.5, 0.6) is 0 Å². The topological polar surface area (TPSA) is 87.2 Å². The fraction of sp³-hybridized carbons (Fsp3) is 0.667. The molecule has 0 radical (unpaired) electrons. The van der Waals surface area contributed by atoms with Gasteiger partial charge in [-0.15, -0.1) is 15.3 Å². The monoisotopic (exact) mass is 690 g/mol. The minimum Gasteiger partial charge on any atom is -0.225 e. The summed E-state index contributed by atoms with van der Waals surface area (Å²) >= 11 is 4.90. The molecule has 3 rings (SSSR count). The predicted octanol–water partition coefficient (Wildman–Crippen LogP) is 6.54. The van der Waals surface area contributed by atoms with E-state index in [-0.39, 0.29) is 0 Å². The van der Waals surface area contributed by atoms with Crippen molar-refractivity contribution in [2.75, 3.05) is 8.86 Å². The molecule has 0 amide bonds. The quantitative estimate of drug-likeness (QED) is 0.0856. The molecule has 2 heterocycles. The lowest BCUT2D eigenvalue weighted by atomic mass is 10.1. The molecule has 0 unspecified atom stereocenters. The Morgan fingerprint density at radius 2 is 1.26 bits per heavy atom. The van der Waals surface area contributed by atoms with Crippen molar-refractivity contribution in [1.29, 1.82) is 0 Å². The summed E-state index contributed by atoms with van der Waals surface area (Å²) in [6, 6.07) is 8.12. The van der Waals surface area contributed by atoms with E-state index in [2.05, 4.69) is 82.2 Å². The second-order valence-electron chi connectivity index (χ2n) is 8.64. The third kappa shape index (κ3) is 9.46. The van der Waals surface area contributed by atoms with Crippen molar-refractivity contribution in [2.24, 2.45) is 0 Å². The van der Waals surface area contributed by atoms with E-state index < -0.39 is 0 Å². The number of alkyl halides is 2. The average molecular weight is 690 g/mol. The maximum absolute atomic E-state index is 4.60. The highest BCUT2D eigenvalue weighted by atomic mass is 127. The summed E-state index contributed by atoms with van der Waals surface area (Å²) in [4.78, 5) is 1.72. The van der Waals surface area contributed by atoms with Crippen LogP contribution in [0.2, 0.25) is 0 Å². The number of halogens is 2. The number of tetrazole rings is 2. The van der Waals surface area contributed by atoms with E-state index in [1.54, 1.807) is 4.80 Å². The lowest BCUT2D eigenvalue weighted by Gasteiger charge is -2.06. The van der Waals surface area contributed by atoms with Crippen LogP contribution in [0, 0.1) is 0 Å². The fourth-order valence-electron chi connectivity index (χ4n) is 3.93. The highest BCUT2D eigenvalue weighted by Gasteiger charge is 2.12. The van der Waals surface area contributed by atoms with Crippen LogP contribution in [0.1, 0.15) is 77.0 Å². The number of aryl methyl sites for hydroxylation is 2. The zero-order chi connectivity index (χ0) is 23.8. The smallest absolute Gasteiger partial charge is 0.204 e. The molecule has 3 aromatic rings. The Hall–Kier alpha value is -1.18. The van der Waals surface area contributed by atoms with Gasteiger partial charge in [0.2, 0.25) is 5.82 Å². The molecule has 0 N–H and O–H groups in total. The summed E-state index contributed by atoms with van der Waals surface area (Å²) < 4.78 is 4.43. The van der Waals surface area contributed by atoms with E-state index >= 15 is 0 Å². The molecule has 10 heteroatoms. The maximum atomic E-state index is 4.60. The SMILES string of the molecule is ICCCCCCCCn1nnc(-c2cccc(-c3nnnn3CCCCCCCCI)c2)n1. The summed E-state index contributed by atoms with van der Waals surface area (Å²) in [6.45, 7) is 1.65. The first-order chi connectivity index (χ1) is 16.8. The number of unbranched alkanes of at least 4 members (excludes halogenated alkanes) is 10. The van der Waals surface area contributed by atoms with Crippen LogP contribution in [0.15, 0.2) is 24.3 Å². The Bertz CT molecular complexity index is 942. The van der Waals surface area contributed by atoms with Gasteiger partial charge in [-0.05, 0) is 56.2 Å². The number of aromatic nitrogens is 8. The summed E-state index contributed by atoms with van der Waals surface area (Å²) in [5, 5.41) is 25.6. The molecule has 0 spiro atoms. The minimum absolute atomic E-state index is 0.648. The van der Waals surface area contributed by atoms with E-state index in [1.807, 2.05) is 22.9 Å². The van der Waals surface area contributed by atoms with Crippen molar-refractivity contribution >= 4 is 45.2 Å². The molecular formula is C24H36I2N8. The summed E-state index contributed by atoms with van der Waals surface area (Å²) in [5.41, 5.74) is 1.92. The molecule has 0 saturated heterocycles. The van der Waals surface area contributed by atoms with Gasteiger partial charge in [0.05, 0.1) is 6.54 Å². The number of hydrogen-bond donors (Lipinski definition) is 0. The summed E-state index contributed by atoms with van der Waals surface area (Å²) in [6.07, 6.45) is 15.2. The molecule has 34 heavy (non-hydrogen) atoms. The molecule has 0 saturated carbocycles. The van der Waals surface area contributed by atoms with E-state index in [0.717, 1.165) is 42.9 Å². The molecule has 1 aromatic carbocycles. The van der Waals surface area contributed by atoms with E-state index in [9.17, 15) is 0 Å². The van der Waals surface area contributed by atoms with Gasteiger partial charge in [-0.1, -0.05) is 115 Å². The van der Waals surface area contributed by atoms with Gasteiger partial charge in [-0.2, -0.15) is 4.80 Å². The van der Waals surface area contributed by atoms with Crippen molar-refractivity contribution in [3.8, 4) is 22.8 Å². The lowest BCUT2D eigenvalue weighted by Crippen LogP contribution is -2.03. The highest BCUT2D eigenvalue weighted by molar-refractivity contribution is 14.1. The van der Waals surface area contributed by atoms with Gasteiger partial charge >= 0.3 is 0 Å². The van der Waals surface area contributed by atoms with Crippen LogP contribution in [-0.2, 0) is 13.1 Å². The van der Waals surface area contributed by atoms with Gasteiger partial charge < -0.3 is 0 Å². The Morgan fingerprint density at radius 1 is 0.647 bits per heavy atom. The second-order valence-corrected chi connectivity index (χ2v) is 10.8. The minimum atomic E-state index is 0.648. The molecule has 186 valence electrons. The van der Waals surface area contributed by atoms with Gasteiger partial charge in [0.25, 0.3) is 0 Å². The molecule has 2 aromatic heterocycles. The average Bonchev–Trinajstić information content (AvgIpc) is 3.53. The zero-order valence-electron chi connectivity index (χ0n) is 20.0. The number of nitrogens with zero attached hydrogens (tertiary/aromatic N) is 8. The number of benzene rings is 1. The number of hydrogen-bond acceptors (Lipinski definition) is 6. The van der Waals surface area contributed by atoms with Crippen molar-refractivity contribution in [2.45, 2.75) is 90.1 Å². The Kier molecular flexibility index (Phi) is 13.3. The standard InChI is InChI=1S/C24H36I2N8/c25-16-9-5-1-3-7-11-18-33-24(28-30-32-33)22-15-13-14-21(20-22)23-27-31-34(29-23)19-12-8-4-2-6-10-17-26/h13-15,20H,1-12,16-19H2. The lowest BCUT2D eigenvalue weighted by molar-refractivity contribution is 0.475. The van der Waals surface area contributed by atoms with E-state index in [0.29, 0.717) is 5.82 Å². The van der Waals surface area contributed by atoms with Gasteiger partial charge in [-0.3, -0.25) is 0 Å². The van der Waals surface area contributed by atoms with Gasteiger partial charge in [0.1, 0.15) is 0 Å². The molecule has 0 aliphatic rings. The normalized spacial score (nSPS) is 11.4. The third-order valence-electron chi connectivity index (χ3n) is 5.86. The zero-order valence-corrected chi connectivity index (χ0v) is 24.3. The predicted molar refractivity (Wildman–Crippen MR) is 153 cm³/mol. The van der Waals surface area contributed by atoms with E-state index in [4.69, 9.17) is 0 Å². The van der Waals surface area contributed by atoms with Crippen LogP contribution >= 0.6 is 45.2 Å². The van der Waals surface area contributed by atoms with Crippen LogP contribution in [0.4, 0.5) is 0 Å². The molecule has 0 fully saturated rings. The van der Waals surface area contributed by atoms with Gasteiger partial charge in [0.15, 0.2) is 5.82 Å². The van der Waals surface area contributed by atoms with Gasteiger partial charge in [0, 0.05) is 17.7 Å². The van der Waals surface area contributed by atoms with Crippen LogP contribution < -0.4 is 0 Å². The Labute approximate surface area is 230 Å². The summed E-state index contributed by atoms with van der Waals surface area (Å²) in [5.74, 6) is 1.44. The third-order valence-corrected chi connectivity index (χ3v) is 7.38. The first-order valence-electron chi connectivity index (χ1n) is 12.6.